The number of aromatic nitrogens is 2. The first-order valence-corrected chi connectivity index (χ1v) is 8.88. The van der Waals surface area contributed by atoms with Crippen molar-refractivity contribution < 1.29 is 9.32 Å². The minimum absolute atomic E-state index is 0.0327. The van der Waals surface area contributed by atoms with Crippen molar-refractivity contribution >= 4 is 33.2 Å². The molecule has 22 heavy (non-hydrogen) atoms. The summed E-state index contributed by atoms with van der Waals surface area (Å²) in [6.45, 7) is 0.543. The molecular formula is C14H17BrN4O2S. The molecule has 118 valence electrons. The summed E-state index contributed by atoms with van der Waals surface area (Å²) >= 11 is 4.93. The lowest BCUT2D eigenvalue weighted by molar-refractivity contribution is -0.121. The molecule has 1 fully saturated rings. The molecule has 0 spiro atoms. The van der Waals surface area contributed by atoms with Crippen LogP contribution in [-0.2, 0) is 11.2 Å². The second-order valence-electron chi connectivity index (χ2n) is 5.45. The Morgan fingerprint density at radius 1 is 1.59 bits per heavy atom. The van der Waals surface area contributed by atoms with E-state index in [0.29, 0.717) is 37.0 Å². The third kappa shape index (κ3) is 4.15. The van der Waals surface area contributed by atoms with Crippen LogP contribution in [0.4, 0.5) is 0 Å². The number of carbonyl (C=O) groups is 1. The highest BCUT2D eigenvalue weighted by Crippen LogP contribution is 2.31. The van der Waals surface area contributed by atoms with Gasteiger partial charge in [0.25, 0.3) is 0 Å². The molecule has 8 heteroatoms. The number of halogens is 1. The highest BCUT2D eigenvalue weighted by Gasteiger charge is 2.28. The van der Waals surface area contributed by atoms with Crippen molar-refractivity contribution in [2.75, 3.05) is 6.54 Å². The molecule has 0 saturated heterocycles. The average molecular weight is 385 g/mol. The maximum absolute atomic E-state index is 11.8. The van der Waals surface area contributed by atoms with Crippen LogP contribution in [0.15, 0.2) is 20.4 Å². The van der Waals surface area contributed by atoms with Gasteiger partial charge in [-0.25, -0.2) is 0 Å². The van der Waals surface area contributed by atoms with Crippen LogP contribution in [0.1, 0.15) is 25.2 Å². The molecule has 0 aromatic carbocycles. The maximum atomic E-state index is 11.8. The summed E-state index contributed by atoms with van der Waals surface area (Å²) in [5, 5.41) is 8.75. The van der Waals surface area contributed by atoms with Gasteiger partial charge in [0, 0.05) is 35.3 Å². The highest BCUT2D eigenvalue weighted by atomic mass is 79.9. The molecule has 1 aliphatic rings. The summed E-state index contributed by atoms with van der Waals surface area (Å²) < 4.78 is 6.17. The molecular weight excluding hydrogens is 368 g/mol. The summed E-state index contributed by atoms with van der Waals surface area (Å²) in [4.78, 5) is 17.0. The number of amides is 1. The van der Waals surface area contributed by atoms with Gasteiger partial charge in [-0.1, -0.05) is 5.16 Å². The largest absolute Gasteiger partial charge is 0.355 e. The maximum Gasteiger partial charge on any atom is 0.227 e. The van der Waals surface area contributed by atoms with E-state index in [1.165, 1.54) is 24.2 Å². The van der Waals surface area contributed by atoms with Crippen LogP contribution < -0.4 is 11.1 Å². The SMILES string of the molecule is NC(CNC(=O)CCc1nc(-c2cc(Br)cs2)no1)C1CC1. The first-order valence-electron chi connectivity index (χ1n) is 7.21. The van der Waals surface area contributed by atoms with Crippen molar-refractivity contribution in [2.24, 2.45) is 11.7 Å². The Bertz CT molecular complexity index is 653. The highest BCUT2D eigenvalue weighted by molar-refractivity contribution is 9.10. The number of nitrogens with zero attached hydrogens (tertiary/aromatic N) is 2. The number of thiophene rings is 1. The number of nitrogens with one attached hydrogen (secondary N) is 1. The van der Waals surface area contributed by atoms with Gasteiger partial charge in [0.1, 0.15) is 0 Å². The van der Waals surface area contributed by atoms with E-state index in [1.54, 1.807) is 0 Å². The topological polar surface area (TPSA) is 94.0 Å². The number of hydrogen-bond donors (Lipinski definition) is 2. The van der Waals surface area contributed by atoms with Crippen molar-refractivity contribution in [3.8, 4) is 10.7 Å². The molecule has 2 aromatic heterocycles. The Kier molecular flexibility index (Phi) is 4.90. The van der Waals surface area contributed by atoms with E-state index in [1.807, 2.05) is 11.4 Å². The Balaban J connectivity index is 1.45. The molecule has 1 amide bonds. The van der Waals surface area contributed by atoms with Crippen LogP contribution in [0, 0.1) is 5.92 Å². The molecule has 3 rings (SSSR count). The molecule has 1 aliphatic carbocycles. The summed E-state index contributed by atoms with van der Waals surface area (Å²) in [6.07, 6.45) is 3.12. The van der Waals surface area contributed by atoms with Gasteiger partial charge in [0.15, 0.2) is 0 Å². The van der Waals surface area contributed by atoms with E-state index >= 15 is 0 Å². The van der Waals surface area contributed by atoms with Gasteiger partial charge in [0.2, 0.25) is 17.6 Å². The van der Waals surface area contributed by atoms with E-state index in [2.05, 4.69) is 31.4 Å². The number of nitrogens with two attached hydrogens (primary N) is 1. The van der Waals surface area contributed by atoms with Gasteiger partial charge in [-0.3, -0.25) is 4.79 Å². The van der Waals surface area contributed by atoms with Gasteiger partial charge in [0.05, 0.1) is 4.88 Å². The van der Waals surface area contributed by atoms with Crippen molar-refractivity contribution in [1.29, 1.82) is 0 Å². The molecule has 3 N–H and O–H groups in total. The zero-order valence-corrected chi connectivity index (χ0v) is 14.3. The molecule has 0 bridgehead atoms. The number of carbonyl (C=O) groups excluding carboxylic acids is 1. The van der Waals surface area contributed by atoms with Gasteiger partial charge in [-0.05, 0) is 40.8 Å². The lowest BCUT2D eigenvalue weighted by Gasteiger charge is -2.10. The fraction of sp³-hybridized carbons (Fsp3) is 0.500. The Labute approximate surface area is 140 Å². The number of rotatable bonds is 7. The predicted molar refractivity (Wildman–Crippen MR) is 87.3 cm³/mol. The van der Waals surface area contributed by atoms with Crippen LogP contribution >= 0.6 is 27.3 Å². The molecule has 1 atom stereocenters. The molecule has 1 saturated carbocycles. The molecule has 2 heterocycles. The lowest BCUT2D eigenvalue weighted by Crippen LogP contribution is -2.38. The predicted octanol–water partition coefficient (Wildman–Crippen LogP) is 2.35. The van der Waals surface area contributed by atoms with Crippen molar-refractivity contribution in [2.45, 2.75) is 31.7 Å². The fourth-order valence-electron chi connectivity index (χ4n) is 2.12. The third-order valence-corrected chi connectivity index (χ3v) is 5.27. The lowest BCUT2D eigenvalue weighted by atomic mass is 10.2. The first kappa shape index (κ1) is 15.6. The van der Waals surface area contributed by atoms with Gasteiger partial charge >= 0.3 is 0 Å². The third-order valence-electron chi connectivity index (χ3n) is 3.58. The number of hydrogen-bond acceptors (Lipinski definition) is 6. The van der Waals surface area contributed by atoms with Crippen molar-refractivity contribution in [3.63, 3.8) is 0 Å². The Morgan fingerprint density at radius 2 is 2.41 bits per heavy atom. The smallest absolute Gasteiger partial charge is 0.227 e. The zero-order chi connectivity index (χ0) is 15.5. The van der Waals surface area contributed by atoms with E-state index < -0.39 is 0 Å². The quantitative estimate of drug-likeness (QED) is 0.763. The monoisotopic (exact) mass is 384 g/mol. The summed E-state index contributed by atoms with van der Waals surface area (Å²) in [6, 6.07) is 2.02. The van der Waals surface area contributed by atoms with E-state index in [-0.39, 0.29) is 11.9 Å². The van der Waals surface area contributed by atoms with Gasteiger partial charge in [-0.2, -0.15) is 4.98 Å². The standard InChI is InChI=1S/C14H17BrN4O2S/c15-9-5-11(22-7-9)14-18-13(21-19-14)4-3-12(20)17-6-10(16)8-1-2-8/h5,7-8,10H,1-4,6,16H2,(H,17,20). The minimum Gasteiger partial charge on any atom is -0.355 e. The van der Waals surface area contributed by atoms with Crippen LogP contribution in [0.3, 0.4) is 0 Å². The molecule has 0 radical (unpaired) electrons. The van der Waals surface area contributed by atoms with Crippen molar-refractivity contribution in [3.05, 3.63) is 21.8 Å². The average Bonchev–Trinajstić information content (AvgIpc) is 3.10. The second kappa shape index (κ2) is 6.89. The van der Waals surface area contributed by atoms with E-state index in [0.717, 1.165) is 9.35 Å². The summed E-state index contributed by atoms with van der Waals surface area (Å²) in [5.74, 6) is 1.58. The number of aryl methyl sites for hydroxylation is 1. The van der Waals surface area contributed by atoms with Crippen molar-refractivity contribution in [1.82, 2.24) is 15.5 Å². The van der Waals surface area contributed by atoms with Crippen LogP contribution in [-0.4, -0.2) is 28.6 Å². The minimum atomic E-state index is -0.0327. The molecule has 2 aromatic rings. The first-order chi connectivity index (χ1) is 10.6. The van der Waals surface area contributed by atoms with Crippen LogP contribution in [0.5, 0.6) is 0 Å². The molecule has 0 aliphatic heterocycles. The Morgan fingerprint density at radius 3 is 3.09 bits per heavy atom. The molecule has 1 unspecified atom stereocenters. The van der Waals surface area contributed by atoms with Gasteiger partial charge < -0.3 is 15.6 Å². The Hall–Kier alpha value is -1.25. The second-order valence-corrected chi connectivity index (χ2v) is 7.27. The molecule has 6 nitrogen and oxygen atoms in total. The summed E-state index contributed by atoms with van der Waals surface area (Å²) in [7, 11) is 0. The summed E-state index contributed by atoms with van der Waals surface area (Å²) in [5.41, 5.74) is 5.95. The van der Waals surface area contributed by atoms with E-state index in [9.17, 15) is 4.79 Å². The van der Waals surface area contributed by atoms with Crippen LogP contribution in [0.2, 0.25) is 0 Å². The fourth-order valence-corrected chi connectivity index (χ4v) is 3.47. The van der Waals surface area contributed by atoms with Gasteiger partial charge in [-0.15, -0.1) is 11.3 Å². The zero-order valence-electron chi connectivity index (χ0n) is 11.9. The van der Waals surface area contributed by atoms with E-state index in [4.69, 9.17) is 10.3 Å². The normalized spacial score (nSPS) is 15.7. The van der Waals surface area contributed by atoms with Crippen LogP contribution in [0.25, 0.3) is 10.7 Å².